The molecule has 0 N–H and O–H groups in total. The highest BCUT2D eigenvalue weighted by Crippen LogP contribution is 2.45. The smallest absolute Gasteiger partial charge is 0.246 e. The van der Waals surface area contributed by atoms with Crippen LogP contribution >= 0.6 is 23.2 Å². The number of carbonyl (C=O) groups excluding carboxylic acids is 1. The van der Waals surface area contributed by atoms with Crippen LogP contribution in [0.1, 0.15) is 31.2 Å². The second kappa shape index (κ2) is 13.0. The minimum Gasteiger partial charge on any atom is -0.475 e. The lowest BCUT2D eigenvalue weighted by Gasteiger charge is -2.45. The third-order valence-electron chi connectivity index (χ3n) is 10.5. The molecule has 2 unspecified atom stereocenters. The van der Waals surface area contributed by atoms with Crippen LogP contribution in [0.2, 0.25) is 5.02 Å². The molecule has 2 aromatic rings. The van der Waals surface area contributed by atoms with Crippen molar-refractivity contribution in [1.82, 2.24) is 14.7 Å². The van der Waals surface area contributed by atoms with Gasteiger partial charge in [0, 0.05) is 41.7 Å². The number of allylic oxidation sites excluding steroid dienone is 2. The van der Waals surface area contributed by atoms with E-state index in [1.165, 1.54) is 12.1 Å². The fourth-order valence-corrected chi connectivity index (χ4v) is 8.85. The van der Waals surface area contributed by atoms with Crippen molar-refractivity contribution in [3.05, 3.63) is 99.3 Å². The lowest BCUT2D eigenvalue weighted by molar-refractivity contribution is -0.130. The maximum Gasteiger partial charge on any atom is 0.246 e. The van der Waals surface area contributed by atoms with Gasteiger partial charge in [-0.3, -0.25) is 9.69 Å². The molecule has 0 radical (unpaired) electrons. The van der Waals surface area contributed by atoms with Crippen LogP contribution in [0.15, 0.2) is 76.4 Å². The van der Waals surface area contributed by atoms with E-state index in [0.717, 1.165) is 49.9 Å². The summed E-state index contributed by atoms with van der Waals surface area (Å²) in [5.74, 6) is -0.859. The van der Waals surface area contributed by atoms with Crippen LogP contribution in [-0.4, -0.2) is 90.0 Å². The highest BCUT2D eigenvalue weighted by Gasteiger charge is 2.46. The monoisotopic (exact) mass is 684 g/mol. The lowest BCUT2D eigenvalue weighted by atomic mass is 9.82. The van der Waals surface area contributed by atoms with Gasteiger partial charge in [-0.2, -0.15) is 5.26 Å². The normalized spacial score (nSPS) is 25.0. The summed E-state index contributed by atoms with van der Waals surface area (Å²) in [6, 6.07) is 10.2. The molecule has 48 heavy (non-hydrogen) atoms. The van der Waals surface area contributed by atoms with Gasteiger partial charge in [0.1, 0.15) is 30.1 Å². The summed E-state index contributed by atoms with van der Waals surface area (Å²) < 4.78 is 21.3. The largest absolute Gasteiger partial charge is 0.475 e. The Labute approximate surface area is 289 Å². The zero-order valence-corrected chi connectivity index (χ0v) is 28.0. The van der Waals surface area contributed by atoms with Gasteiger partial charge >= 0.3 is 0 Å². The van der Waals surface area contributed by atoms with E-state index in [9.17, 15) is 14.4 Å². The Morgan fingerprint density at radius 1 is 1.19 bits per heavy atom. The van der Waals surface area contributed by atoms with Crippen molar-refractivity contribution in [1.29, 1.82) is 5.26 Å². The third kappa shape index (κ3) is 5.48. The van der Waals surface area contributed by atoms with Crippen molar-refractivity contribution >= 4 is 51.4 Å². The molecule has 246 valence electrons. The third-order valence-corrected chi connectivity index (χ3v) is 11.2. The minimum atomic E-state index is -0.517. The van der Waals surface area contributed by atoms with Crippen LogP contribution in [-0.2, 0) is 9.53 Å². The van der Waals surface area contributed by atoms with Crippen LogP contribution in [0, 0.1) is 29.6 Å². The predicted octanol–water partition coefficient (Wildman–Crippen LogP) is 6.59. The molecule has 2 aromatic carbocycles. The highest BCUT2D eigenvalue weighted by molar-refractivity contribution is 6.40. The van der Waals surface area contributed by atoms with Gasteiger partial charge in [0.2, 0.25) is 18.3 Å². The number of piperazine rings is 1. The summed E-state index contributed by atoms with van der Waals surface area (Å²) in [6.45, 7) is 15.0. The number of aliphatic imine (C=N–C) groups is 1. The molecule has 0 spiro atoms. The Kier molecular flexibility index (Phi) is 8.81. The van der Waals surface area contributed by atoms with E-state index >= 15 is 0 Å². The van der Waals surface area contributed by atoms with Crippen molar-refractivity contribution in [2.45, 2.75) is 43.3 Å². The Morgan fingerprint density at radius 3 is 2.71 bits per heavy atom. The zero-order valence-electron chi connectivity index (χ0n) is 26.5. The predicted molar refractivity (Wildman–Crippen MR) is 186 cm³/mol. The Balaban J connectivity index is 1.31. The molecule has 5 aliphatic rings. The van der Waals surface area contributed by atoms with Gasteiger partial charge in [-0.15, -0.1) is 0 Å². The first-order valence-corrected chi connectivity index (χ1v) is 17.1. The fraction of sp³-hybridized carbons (Fsp3) is 0.405. The summed E-state index contributed by atoms with van der Waals surface area (Å²) in [7, 11) is 0. The number of halogens is 3. The molecular formula is C37H35Cl2FN6O2. The summed E-state index contributed by atoms with van der Waals surface area (Å²) in [5.41, 5.74) is 2.36. The molecule has 3 fully saturated rings. The molecule has 0 bridgehead atoms. The Morgan fingerprint density at radius 2 is 1.98 bits per heavy atom. The number of hydrogen-bond donors (Lipinski definition) is 0. The number of fused-ring (bicyclic) bond motifs is 3. The summed E-state index contributed by atoms with van der Waals surface area (Å²) in [6.07, 6.45) is 9.47. The minimum absolute atomic E-state index is 0.0221. The maximum absolute atomic E-state index is 14.7. The number of hydrogen-bond acceptors (Lipinski definition) is 6. The van der Waals surface area contributed by atoms with Gasteiger partial charge in [-0.05, 0) is 73.5 Å². The van der Waals surface area contributed by atoms with Crippen LogP contribution in [0.25, 0.3) is 21.2 Å². The summed E-state index contributed by atoms with van der Waals surface area (Å²) in [5, 5.41) is 12.5. The second-order valence-electron chi connectivity index (χ2n) is 13.1. The molecule has 1 amide bonds. The van der Waals surface area contributed by atoms with Gasteiger partial charge in [0.15, 0.2) is 0 Å². The first-order chi connectivity index (χ1) is 23.3. The molecular weight excluding hydrogens is 650 g/mol. The number of ether oxygens (including phenoxy) is 1. The van der Waals surface area contributed by atoms with Crippen molar-refractivity contribution in [3.63, 3.8) is 0 Å². The number of dihydropyridines is 1. The number of benzene rings is 2. The Bertz CT molecular complexity index is 1890. The van der Waals surface area contributed by atoms with Gasteiger partial charge in [-0.1, -0.05) is 60.1 Å². The number of nitriles is 1. The maximum atomic E-state index is 14.7. The van der Waals surface area contributed by atoms with E-state index in [1.54, 1.807) is 11.0 Å². The van der Waals surface area contributed by atoms with Crippen LogP contribution in [0.5, 0.6) is 0 Å². The Hall–Kier alpha value is -4.15. The average Bonchev–Trinajstić information content (AvgIpc) is 3.68. The van der Waals surface area contributed by atoms with Crippen LogP contribution < -0.4 is 0 Å². The van der Waals surface area contributed by atoms with Gasteiger partial charge < -0.3 is 19.4 Å². The van der Waals surface area contributed by atoms with E-state index in [0.29, 0.717) is 53.4 Å². The van der Waals surface area contributed by atoms with Crippen molar-refractivity contribution < 1.29 is 13.9 Å². The van der Waals surface area contributed by atoms with Crippen molar-refractivity contribution in [2.24, 2.45) is 10.9 Å². The first-order valence-electron chi connectivity index (χ1n) is 16.4. The fourth-order valence-electron chi connectivity index (χ4n) is 8.28. The standard InChI is InChI=1S/C37H35Cl2FN6O2/c1-3-32(47)46-16-15-44(21-24(46)20-42-2)35-27-17-29(38)26(25-8-4-7-23-9-10-30(40)34(39)33(23)25)18-31(27)43-36(28(35)19-41)48-22-37-11-5-13-45(37)14-6-12-37/h3-4,7-10,17-18,24,27,31H,1,5-6,11-16,20-22H2/t24-,27?,31?/m0/s1. The van der Waals surface area contributed by atoms with E-state index < -0.39 is 17.8 Å². The van der Waals surface area contributed by atoms with Gasteiger partial charge in [0.05, 0.1) is 16.6 Å². The molecule has 3 atom stereocenters. The molecule has 4 aliphatic heterocycles. The van der Waals surface area contributed by atoms with E-state index in [1.807, 2.05) is 30.4 Å². The first kappa shape index (κ1) is 32.4. The molecule has 0 saturated carbocycles. The SMILES string of the molecule is [C-]#[N+]C[C@H]1CN(C2=C(C#N)C(OCC34CCCN3CCC4)=NC3C=C(c4cccc5ccc(F)c(Cl)c45)C(Cl)=CC23)CCN1C(=O)C=C. The topological polar surface area (TPSA) is 76.5 Å². The summed E-state index contributed by atoms with van der Waals surface area (Å²) in [4.78, 5) is 27.7. The molecule has 3 saturated heterocycles. The van der Waals surface area contributed by atoms with E-state index in [2.05, 4.69) is 27.3 Å². The van der Waals surface area contributed by atoms with Gasteiger partial charge in [-0.25, -0.2) is 16.0 Å². The highest BCUT2D eigenvalue weighted by atomic mass is 35.5. The van der Waals surface area contributed by atoms with Gasteiger partial charge in [0.25, 0.3) is 0 Å². The van der Waals surface area contributed by atoms with E-state index in [-0.39, 0.29) is 35.0 Å². The zero-order chi connectivity index (χ0) is 33.6. The molecule has 8 nitrogen and oxygen atoms in total. The summed E-state index contributed by atoms with van der Waals surface area (Å²) >= 11 is 13.6. The number of nitrogens with zero attached hydrogens (tertiary/aromatic N) is 6. The average molecular weight is 686 g/mol. The second-order valence-corrected chi connectivity index (χ2v) is 13.9. The molecule has 0 aromatic heterocycles. The number of amides is 1. The molecule has 11 heteroatoms. The van der Waals surface area contributed by atoms with Crippen molar-refractivity contribution in [3.8, 4) is 6.07 Å². The molecule has 1 aliphatic carbocycles. The molecule has 7 rings (SSSR count). The number of carbonyl (C=O) groups is 1. The van der Waals surface area contributed by atoms with Crippen molar-refractivity contribution in [2.75, 3.05) is 45.9 Å². The number of rotatable bonds is 6. The lowest BCUT2D eigenvalue weighted by Crippen LogP contribution is -2.57. The van der Waals surface area contributed by atoms with Crippen LogP contribution in [0.4, 0.5) is 4.39 Å². The quantitative estimate of drug-likeness (QED) is 0.254. The van der Waals surface area contributed by atoms with E-state index in [4.69, 9.17) is 39.5 Å². The van der Waals surface area contributed by atoms with Crippen LogP contribution in [0.3, 0.4) is 0 Å². The molecule has 4 heterocycles.